The normalized spacial score (nSPS) is 11.5. The molecule has 0 bridgehead atoms. The molecule has 0 aliphatic carbocycles. The first-order chi connectivity index (χ1) is 14.2. The first-order valence-corrected chi connectivity index (χ1v) is 10.5. The van der Waals surface area contributed by atoms with Gasteiger partial charge >= 0.3 is 23.9 Å². The van der Waals surface area contributed by atoms with E-state index in [2.05, 4.69) is 4.74 Å². The minimum atomic E-state index is -5.31. The Hall–Kier alpha value is -3.66. The topological polar surface area (TPSA) is 227 Å². The number of carbonyl (C=O) groups is 4. The Balaban J connectivity index is 2.61. The third kappa shape index (κ3) is 4.92. The van der Waals surface area contributed by atoms with Crippen molar-refractivity contribution in [2.24, 2.45) is 0 Å². The molecule has 0 unspecified atom stereocenters. The van der Waals surface area contributed by atoms with Crippen molar-refractivity contribution in [2.75, 3.05) is 0 Å². The first-order valence-electron chi connectivity index (χ1n) is 7.60. The average molecular weight is 474 g/mol. The molecule has 0 aromatic heterocycles. The van der Waals surface area contributed by atoms with E-state index in [9.17, 15) is 45.1 Å². The fourth-order valence-electron chi connectivity index (χ4n) is 2.48. The smallest absolute Gasteiger partial charge is 0.347 e. The van der Waals surface area contributed by atoms with Gasteiger partial charge in [0.05, 0.1) is 22.3 Å². The number of carboxylic acid groups (broad SMARTS) is 2. The molecule has 31 heavy (non-hydrogen) atoms. The fraction of sp³-hybridized carbons (Fsp3) is 0. The van der Waals surface area contributed by atoms with Crippen LogP contribution in [0.5, 0.6) is 0 Å². The summed E-state index contributed by atoms with van der Waals surface area (Å²) in [5.41, 5.74) is -4.23. The van der Waals surface area contributed by atoms with Crippen LogP contribution in [0.15, 0.2) is 46.2 Å². The third-order valence-electron chi connectivity index (χ3n) is 3.63. The van der Waals surface area contributed by atoms with Crippen LogP contribution in [0.2, 0.25) is 0 Å². The average Bonchev–Trinajstić information content (AvgIpc) is 2.65. The zero-order valence-corrected chi connectivity index (χ0v) is 16.4. The Labute approximate surface area is 173 Å². The van der Waals surface area contributed by atoms with E-state index in [4.69, 9.17) is 10.2 Å². The van der Waals surface area contributed by atoms with Crippen LogP contribution in [-0.2, 0) is 25.0 Å². The Morgan fingerprint density at radius 3 is 1.16 bits per heavy atom. The van der Waals surface area contributed by atoms with Gasteiger partial charge in [0.2, 0.25) is 0 Å². The van der Waals surface area contributed by atoms with Crippen molar-refractivity contribution >= 4 is 44.1 Å². The van der Waals surface area contributed by atoms with E-state index in [1.807, 2.05) is 0 Å². The van der Waals surface area contributed by atoms with Gasteiger partial charge in [-0.1, -0.05) is 12.1 Å². The lowest BCUT2D eigenvalue weighted by atomic mass is 10.1. The molecule has 0 atom stereocenters. The quantitative estimate of drug-likeness (QED) is 0.255. The number of hydrogen-bond donors (Lipinski definition) is 4. The Morgan fingerprint density at radius 1 is 0.613 bits per heavy atom. The summed E-state index contributed by atoms with van der Waals surface area (Å²) in [7, 11) is -10.6. The summed E-state index contributed by atoms with van der Waals surface area (Å²) < 4.78 is 69.2. The zero-order valence-electron chi connectivity index (χ0n) is 14.7. The molecule has 0 aliphatic rings. The molecule has 0 aliphatic heterocycles. The van der Waals surface area contributed by atoms with E-state index in [1.165, 1.54) is 0 Å². The van der Waals surface area contributed by atoms with Crippen LogP contribution < -0.4 is 0 Å². The number of esters is 2. The number of aromatic carboxylic acids is 2. The molecule has 2 rings (SSSR count). The van der Waals surface area contributed by atoms with Crippen LogP contribution in [0, 0.1) is 0 Å². The molecule has 15 heteroatoms. The van der Waals surface area contributed by atoms with Crippen molar-refractivity contribution in [3.63, 3.8) is 0 Å². The van der Waals surface area contributed by atoms with Gasteiger partial charge in [-0.3, -0.25) is 9.11 Å². The van der Waals surface area contributed by atoms with E-state index in [0.29, 0.717) is 12.1 Å². The van der Waals surface area contributed by atoms with Gasteiger partial charge in [0.25, 0.3) is 20.2 Å². The molecule has 13 nitrogen and oxygen atoms in total. The number of benzene rings is 2. The molecule has 0 radical (unpaired) electrons. The van der Waals surface area contributed by atoms with Gasteiger partial charge < -0.3 is 14.9 Å². The lowest BCUT2D eigenvalue weighted by molar-refractivity contribution is 0.0391. The minimum Gasteiger partial charge on any atom is -0.478 e. The van der Waals surface area contributed by atoms with Crippen LogP contribution in [0.3, 0.4) is 0 Å². The molecule has 164 valence electrons. The van der Waals surface area contributed by atoms with Crippen LogP contribution in [0.4, 0.5) is 0 Å². The Bertz CT molecular complexity index is 1230. The number of rotatable bonds is 6. The van der Waals surface area contributed by atoms with Gasteiger partial charge in [-0.25, -0.2) is 19.2 Å². The van der Waals surface area contributed by atoms with E-state index < -0.39 is 76.2 Å². The van der Waals surface area contributed by atoms with Crippen molar-refractivity contribution in [2.45, 2.75) is 9.79 Å². The van der Waals surface area contributed by atoms with E-state index >= 15 is 0 Å². The maximum atomic E-state index is 12.3. The van der Waals surface area contributed by atoms with Gasteiger partial charge in [-0.2, -0.15) is 16.8 Å². The summed E-state index contributed by atoms with van der Waals surface area (Å²) in [5, 5.41) is 18.1. The molecular weight excluding hydrogens is 464 g/mol. The highest BCUT2D eigenvalue weighted by molar-refractivity contribution is 7.86. The van der Waals surface area contributed by atoms with E-state index in [-0.39, 0.29) is 0 Å². The summed E-state index contributed by atoms with van der Waals surface area (Å²) in [6.07, 6.45) is 0. The third-order valence-corrected chi connectivity index (χ3v) is 5.54. The maximum absolute atomic E-state index is 12.3. The van der Waals surface area contributed by atoms with Crippen LogP contribution in [-0.4, -0.2) is 60.0 Å². The SMILES string of the molecule is O=C(O)c1cccc(C(=O)OC(=O)c2cccc(C(=O)O)c2S(=O)(=O)O)c1S(=O)(=O)O. The van der Waals surface area contributed by atoms with Gasteiger partial charge in [-0.15, -0.1) is 0 Å². The predicted molar refractivity (Wildman–Crippen MR) is 96.2 cm³/mol. The standard InChI is InChI=1S/C16H10O13S2/c17-13(18)7-3-1-5-9(11(7)30(23,24)25)15(21)29-16(22)10-6-2-4-8(14(19)20)12(10)31(26,27)28/h1-6H,(H,17,18)(H,19,20)(H,23,24,25)(H,26,27,28). The molecule has 0 amide bonds. The summed E-state index contributed by atoms with van der Waals surface area (Å²) in [4.78, 5) is 44.2. The summed E-state index contributed by atoms with van der Waals surface area (Å²) in [6, 6.07) is 4.65. The lowest BCUT2D eigenvalue weighted by Crippen LogP contribution is -2.21. The fourth-order valence-corrected chi connectivity index (χ4v) is 4.21. The van der Waals surface area contributed by atoms with Crippen LogP contribution in [0.1, 0.15) is 41.4 Å². The molecule has 0 heterocycles. The zero-order chi connectivity index (χ0) is 23.7. The van der Waals surface area contributed by atoms with Gasteiger partial charge in [-0.05, 0) is 24.3 Å². The summed E-state index contributed by atoms with van der Waals surface area (Å²) >= 11 is 0. The molecule has 2 aromatic carbocycles. The van der Waals surface area contributed by atoms with E-state index in [0.717, 1.165) is 24.3 Å². The molecule has 4 N–H and O–H groups in total. The van der Waals surface area contributed by atoms with Crippen molar-refractivity contribution < 1.29 is 60.1 Å². The highest BCUT2D eigenvalue weighted by Crippen LogP contribution is 2.25. The van der Waals surface area contributed by atoms with Gasteiger partial charge in [0, 0.05) is 0 Å². The van der Waals surface area contributed by atoms with Crippen molar-refractivity contribution in [3.8, 4) is 0 Å². The van der Waals surface area contributed by atoms with Gasteiger partial charge in [0.1, 0.15) is 9.79 Å². The second-order valence-corrected chi connectivity index (χ2v) is 8.32. The number of hydrogen-bond acceptors (Lipinski definition) is 9. The second-order valence-electron chi connectivity index (χ2n) is 5.60. The largest absolute Gasteiger partial charge is 0.478 e. The number of carbonyl (C=O) groups excluding carboxylic acids is 2. The van der Waals surface area contributed by atoms with Crippen molar-refractivity contribution in [1.82, 2.24) is 0 Å². The van der Waals surface area contributed by atoms with Crippen molar-refractivity contribution in [1.29, 1.82) is 0 Å². The lowest BCUT2D eigenvalue weighted by Gasteiger charge is -2.11. The van der Waals surface area contributed by atoms with Crippen LogP contribution >= 0.6 is 0 Å². The molecule has 2 aromatic rings. The molecular formula is C16H10O13S2. The highest BCUT2D eigenvalue weighted by atomic mass is 32.2. The predicted octanol–water partition coefficient (Wildman–Crippen LogP) is 0.574. The summed E-state index contributed by atoms with van der Waals surface area (Å²) in [5.74, 6) is -7.33. The van der Waals surface area contributed by atoms with E-state index in [1.54, 1.807) is 0 Å². The number of carboxylic acids is 2. The van der Waals surface area contributed by atoms with Crippen LogP contribution in [0.25, 0.3) is 0 Å². The minimum absolute atomic E-state index is 0.697. The molecule has 0 saturated heterocycles. The maximum Gasteiger partial charge on any atom is 0.347 e. The highest BCUT2D eigenvalue weighted by Gasteiger charge is 2.32. The second kappa shape index (κ2) is 8.23. The molecule has 0 spiro atoms. The Kier molecular flexibility index (Phi) is 6.27. The molecule has 0 saturated carbocycles. The van der Waals surface area contributed by atoms with Crippen molar-refractivity contribution in [3.05, 3.63) is 58.7 Å². The summed E-state index contributed by atoms with van der Waals surface area (Å²) in [6.45, 7) is 0. The molecule has 0 fully saturated rings. The van der Waals surface area contributed by atoms with Gasteiger partial charge in [0.15, 0.2) is 0 Å². The first kappa shape index (κ1) is 23.6. The monoisotopic (exact) mass is 474 g/mol. The number of ether oxygens (including phenoxy) is 1. The Morgan fingerprint density at radius 2 is 0.903 bits per heavy atom.